The molecule has 0 saturated carbocycles. The van der Waals surface area contributed by atoms with Gasteiger partial charge in [-0.3, -0.25) is 4.40 Å². The number of fused-ring (bicyclic) bond motifs is 1. The minimum atomic E-state index is 0.799. The van der Waals surface area contributed by atoms with Gasteiger partial charge in [0.1, 0.15) is 5.82 Å². The van der Waals surface area contributed by atoms with Gasteiger partial charge in [0.2, 0.25) is 0 Å². The van der Waals surface area contributed by atoms with Gasteiger partial charge < -0.3 is 5.73 Å². The topological polar surface area (TPSA) is 56.2 Å². The van der Waals surface area contributed by atoms with Crippen molar-refractivity contribution in [2.45, 2.75) is 39.0 Å². The Morgan fingerprint density at radius 1 is 1.18 bits per heavy atom. The molecule has 0 atom stereocenters. The second-order valence-corrected chi connectivity index (χ2v) is 4.50. The lowest BCUT2D eigenvalue weighted by Crippen LogP contribution is -1.99. The van der Waals surface area contributed by atoms with Crippen molar-refractivity contribution in [3.63, 3.8) is 0 Å². The van der Waals surface area contributed by atoms with Gasteiger partial charge in [0, 0.05) is 12.6 Å². The van der Waals surface area contributed by atoms with E-state index in [1.54, 1.807) is 0 Å². The van der Waals surface area contributed by atoms with Crippen LogP contribution < -0.4 is 5.73 Å². The minimum Gasteiger partial charge on any atom is -0.330 e. The molecule has 2 N–H and O–H groups in total. The molecule has 0 saturated heterocycles. The summed E-state index contributed by atoms with van der Waals surface area (Å²) >= 11 is 0. The monoisotopic (exact) mass is 232 g/mol. The molecule has 0 amide bonds. The van der Waals surface area contributed by atoms with E-state index < -0.39 is 0 Å². The first-order valence-corrected chi connectivity index (χ1v) is 6.31. The maximum atomic E-state index is 5.47. The van der Waals surface area contributed by atoms with Gasteiger partial charge in [-0.1, -0.05) is 12.8 Å². The molecular formula is C13H20N4. The molecule has 0 spiro atoms. The molecule has 0 aliphatic rings. The normalized spacial score (nSPS) is 11.2. The third-order valence-corrected chi connectivity index (χ3v) is 2.99. The van der Waals surface area contributed by atoms with E-state index >= 15 is 0 Å². The highest BCUT2D eigenvalue weighted by Crippen LogP contribution is 2.10. The fourth-order valence-corrected chi connectivity index (χ4v) is 1.99. The van der Waals surface area contributed by atoms with E-state index in [1.165, 1.54) is 18.4 Å². The molecule has 0 aliphatic heterocycles. The predicted octanol–water partition coefficient (Wildman–Crippen LogP) is 2.10. The Labute approximate surface area is 102 Å². The van der Waals surface area contributed by atoms with Crippen molar-refractivity contribution in [2.24, 2.45) is 5.73 Å². The van der Waals surface area contributed by atoms with Crippen LogP contribution in [0, 0.1) is 6.92 Å². The molecule has 0 radical (unpaired) electrons. The van der Waals surface area contributed by atoms with Gasteiger partial charge >= 0.3 is 0 Å². The van der Waals surface area contributed by atoms with Crippen molar-refractivity contribution in [3.8, 4) is 0 Å². The van der Waals surface area contributed by atoms with Crippen LogP contribution in [0.5, 0.6) is 0 Å². The standard InChI is InChI=1S/C13H20N4/c1-11-7-9-17-12(15-16-13(17)10-11)6-4-2-3-5-8-14/h7,9-10H,2-6,8,14H2,1H3. The van der Waals surface area contributed by atoms with E-state index in [-0.39, 0.29) is 0 Å². The molecule has 2 aromatic heterocycles. The van der Waals surface area contributed by atoms with E-state index in [1.807, 2.05) is 0 Å². The Hall–Kier alpha value is -1.42. The zero-order valence-corrected chi connectivity index (χ0v) is 10.4. The fourth-order valence-electron chi connectivity index (χ4n) is 1.99. The number of unbranched alkanes of at least 4 members (excludes halogenated alkanes) is 3. The highest BCUT2D eigenvalue weighted by atomic mass is 15.2. The van der Waals surface area contributed by atoms with Crippen molar-refractivity contribution in [2.75, 3.05) is 6.54 Å². The molecular weight excluding hydrogens is 212 g/mol. The SMILES string of the molecule is Cc1ccn2c(CCCCCCN)nnc2c1. The Bertz CT molecular complexity index is 475. The average molecular weight is 232 g/mol. The van der Waals surface area contributed by atoms with Crippen LogP contribution >= 0.6 is 0 Å². The number of pyridine rings is 1. The molecule has 2 rings (SSSR count). The van der Waals surface area contributed by atoms with E-state index in [9.17, 15) is 0 Å². The Morgan fingerprint density at radius 2 is 2.00 bits per heavy atom. The predicted molar refractivity (Wildman–Crippen MR) is 69.0 cm³/mol. The van der Waals surface area contributed by atoms with Gasteiger partial charge in [0.05, 0.1) is 0 Å². The quantitative estimate of drug-likeness (QED) is 0.776. The number of nitrogens with two attached hydrogens (primary N) is 1. The Morgan fingerprint density at radius 3 is 2.82 bits per heavy atom. The van der Waals surface area contributed by atoms with Crippen LogP contribution in [-0.2, 0) is 6.42 Å². The highest BCUT2D eigenvalue weighted by molar-refractivity contribution is 5.40. The molecule has 0 bridgehead atoms. The van der Waals surface area contributed by atoms with Crippen LogP contribution in [0.2, 0.25) is 0 Å². The van der Waals surface area contributed by atoms with Crippen molar-refractivity contribution < 1.29 is 0 Å². The zero-order chi connectivity index (χ0) is 12.1. The number of hydrogen-bond donors (Lipinski definition) is 1. The van der Waals surface area contributed by atoms with Crippen LogP contribution in [0.4, 0.5) is 0 Å². The lowest BCUT2D eigenvalue weighted by Gasteiger charge is -2.00. The van der Waals surface area contributed by atoms with Crippen LogP contribution in [0.15, 0.2) is 18.3 Å². The largest absolute Gasteiger partial charge is 0.330 e. The number of nitrogens with zero attached hydrogens (tertiary/aromatic N) is 3. The third kappa shape index (κ3) is 3.03. The van der Waals surface area contributed by atoms with Crippen LogP contribution in [0.25, 0.3) is 5.65 Å². The number of rotatable bonds is 6. The molecule has 17 heavy (non-hydrogen) atoms. The molecule has 2 aromatic rings. The van der Waals surface area contributed by atoms with Crippen LogP contribution in [-0.4, -0.2) is 21.1 Å². The van der Waals surface area contributed by atoms with Crippen molar-refractivity contribution in [1.82, 2.24) is 14.6 Å². The first kappa shape index (κ1) is 12.0. The van der Waals surface area contributed by atoms with Crippen LogP contribution in [0.1, 0.15) is 37.1 Å². The first-order chi connectivity index (χ1) is 8.31. The zero-order valence-electron chi connectivity index (χ0n) is 10.4. The van der Waals surface area contributed by atoms with Gasteiger partial charge in [-0.15, -0.1) is 10.2 Å². The second kappa shape index (κ2) is 5.77. The van der Waals surface area contributed by atoms with E-state index in [4.69, 9.17) is 5.73 Å². The summed E-state index contributed by atoms with van der Waals surface area (Å²) in [6, 6.07) is 4.15. The van der Waals surface area contributed by atoms with Crippen LogP contribution in [0.3, 0.4) is 0 Å². The number of aromatic nitrogens is 3. The second-order valence-electron chi connectivity index (χ2n) is 4.50. The van der Waals surface area contributed by atoms with Gasteiger partial charge in [-0.2, -0.15) is 0 Å². The van der Waals surface area contributed by atoms with E-state index in [0.29, 0.717) is 0 Å². The van der Waals surface area contributed by atoms with Gasteiger partial charge in [-0.25, -0.2) is 0 Å². The lowest BCUT2D eigenvalue weighted by molar-refractivity contribution is 0.633. The summed E-state index contributed by atoms with van der Waals surface area (Å²) in [4.78, 5) is 0. The van der Waals surface area contributed by atoms with Gasteiger partial charge in [-0.05, 0) is 44.0 Å². The maximum absolute atomic E-state index is 5.47. The molecule has 4 nitrogen and oxygen atoms in total. The van der Waals surface area contributed by atoms with Gasteiger partial charge in [0.15, 0.2) is 5.65 Å². The van der Waals surface area contributed by atoms with E-state index in [0.717, 1.165) is 37.3 Å². The number of aryl methyl sites for hydroxylation is 2. The third-order valence-electron chi connectivity index (χ3n) is 2.99. The summed E-state index contributed by atoms with van der Waals surface area (Å²) in [5, 5.41) is 8.43. The first-order valence-electron chi connectivity index (χ1n) is 6.31. The van der Waals surface area contributed by atoms with Crippen molar-refractivity contribution in [1.29, 1.82) is 0 Å². The average Bonchev–Trinajstić information content (AvgIpc) is 2.71. The van der Waals surface area contributed by atoms with Crippen molar-refractivity contribution in [3.05, 3.63) is 29.7 Å². The Balaban J connectivity index is 1.95. The maximum Gasteiger partial charge on any atom is 0.161 e. The van der Waals surface area contributed by atoms with E-state index in [2.05, 4.69) is 39.9 Å². The Kier molecular flexibility index (Phi) is 4.09. The summed E-state index contributed by atoms with van der Waals surface area (Å²) < 4.78 is 2.08. The molecule has 4 heteroatoms. The molecule has 92 valence electrons. The molecule has 0 fully saturated rings. The molecule has 0 aromatic carbocycles. The lowest BCUT2D eigenvalue weighted by atomic mass is 10.1. The van der Waals surface area contributed by atoms with Crippen molar-refractivity contribution >= 4 is 5.65 Å². The summed E-state index contributed by atoms with van der Waals surface area (Å²) in [5.41, 5.74) is 7.64. The summed E-state index contributed by atoms with van der Waals surface area (Å²) in [6.07, 6.45) is 7.77. The molecule has 2 heterocycles. The summed E-state index contributed by atoms with van der Waals surface area (Å²) in [7, 11) is 0. The highest BCUT2D eigenvalue weighted by Gasteiger charge is 2.04. The smallest absolute Gasteiger partial charge is 0.161 e. The minimum absolute atomic E-state index is 0.799. The fraction of sp³-hybridized carbons (Fsp3) is 0.538. The molecule has 0 unspecified atom stereocenters. The molecule has 0 aliphatic carbocycles. The summed E-state index contributed by atoms with van der Waals surface area (Å²) in [5.74, 6) is 1.06. The summed E-state index contributed by atoms with van der Waals surface area (Å²) in [6.45, 7) is 2.87. The number of hydrogen-bond acceptors (Lipinski definition) is 3. The van der Waals surface area contributed by atoms with Gasteiger partial charge in [0.25, 0.3) is 0 Å².